The molecule has 0 radical (unpaired) electrons. The summed E-state index contributed by atoms with van der Waals surface area (Å²) in [6.45, 7) is 4.94. The van der Waals surface area contributed by atoms with Gasteiger partial charge in [0.2, 0.25) is 0 Å². The fourth-order valence-electron chi connectivity index (χ4n) is 4.58. The molecule has 14 heteroatoms. The fraction of sp³-hybridized carbons (Fsp3) is 0.281. The van der Waals surface area contributed by atoms with Gasteiger partial charge in [0, 0.05) is 11.8 Å². The zero-order valence-electron chi connectivity index (χ0n) is 24.8. The molecule has 4 aromatic rings. The number of nitrogens with zero attached hydrogens (tertiary/aromatic N) is 2. The highest BCUT2D eigenvalue weighted by Crippen LogP contribution is 2.35. The highest BCUT2D eigenvalue weighted by molar-refractivity contribution is 6.35. The van der Waals surface area contributed by atoms with Crippen molar-refractivity contribution in [2.75, 3.05) is 11.9 Å². The smallest absolute Gasteiger partial charge is 0.374 e. The lowest BCUT2D eigenvalue weighted by Gasteiger charge is -2.27. The second-order valence-electron chi connectivity index (χ2n) is 11.2. The number of carbonyl (C=O) groups is 2. The molecule has 3 aromatic carbocycles. The van der Waals surface area contributed by atoms with Crippen molar-refractivity contribution in [3.05, 3.63) is 117 Å². The summed E-state index contributed by atoms with van der Waals surface area (Å²) in [5.74, 6) is -1.31. The van der Waals surface area contributed by atoms with Crippen LogP contribution in [0.3, 0.4) is 0 Å². The number of carbonyl (C=O) groups excluding carboxylic acids is 2. The first-order valence-corrected chi connectivity index (χ1v) is 14.2. The van der Waals surface area contributed by atoms with Crippen molar-refractivity contribution >= 4 is 29.1 Å². The van der Waals surface area contributed by atoms with Crippen molar-refractivity contribution in [3.63, 3.8) is 0 Å². The van der Waals surface area contributed by atoms with Crippen molar-refractivity contribution in [2.45, 2.75) is 51.8 Å². The van der Waals surface area contributed by atoms with Crippen LogP contribution in [-0.2, 0) is 30.2 Å². The molecular weight excluding hydrogens is 638 g/mol. The van der Waals surface area contributed by atoms with Gasteiger partial charge in [-0.25, -0.2) is 0 Å². The second kappa shape index (κ2) is 13.6. The van der Waals surface area contributed by atoms with Gasteiger partial charge in [-0.2, -0.15) is 31.4 Å². The summed E-state index contributed by atoms with van der Waals surface area (Å²) in [7, 11) is 0. The van der Waals surface area contributed by atoms with Crippen LogP contribution in [0, 0.1) is 6.92 Å². The largest absolute Gasteiger partial charge is 0.435 e. The molecule has 0 saturated carbocycles. The molecule has 1 aromatic heterocycles. The zero-order chi connectivity index (χ0) is 33.9. The van der Waals surface area contributed by atoms with E-state index < -0.39 is 47.6 Å². The van der Waals surface area contributed by atoms with Crippen LogP contribution in [0.25, 0.3) is 0 Å². The van der Waals surface area contributed by atoms with E-state index >= 15 is 0 Å². The Morgan fingerprint density at radius 3 is 2.20 bits per heavy atom. The van der Waals surface area contributed by atoms with E-state index in [1.807, 2.05) is 30.3 Å². The summed E-state index contributed by atoms with van der Waals surface area (Å²) in [6, 6.07) is 17.9. The summed E-state index contributed by atoms with van der Waals surface area (Å²) >= 11 is 6.36. The fourth-order valence-corrected chi connectivity index (χ4v) is 4.84. The van der Waals surface area contributed by atoms with Gasteiger partial charge in [-0.3, -0.25) is 14.3 Å². The number of amides is 2. The molecule has 0 atom stereocenters. The normalized spacial score (nSPS) is 12.2. The molecule has 0 aliphatic rings. The van der Waals surface area contributed by atoms with E-state index in [1.165, 1.54) is 36.4 Å². The van der Waals surface area contributed by atoms with Crippen LogP contribution in [-0.4, -0.2) is 33.7 Å². The number of alkyl halides is 6. The molecule has 0 bridgehead atoms. The first kappa shape index (κ1) is 34.5. The third-order valence-electron chi connectivity index (χ3n) is 6.74. The lowest BCUT2D eigenvalue weighted by atomic mass is 10.0. The van der Waals surface area contributed by atoms with E-state index in [4.69, 9.17) is 16.3 Å². The van der Waals surface area contributed by atoms with Gasteiger partial charge >= 0.3 is 12.4 Å². The van der Waals surface area contributed by atoms with E-state index in [0.717, 1.165) is 5.56 Å². The molecule has 0 unspecified atom stereocenters. The number of ether oxygens (including phenoxy) is 1. The van der Waals surface area contributed by atoms with Gasteiger partial charge in [0.05, 0.1) is 41.4 Å². The summed E-state index contributed by atoms with van der Waals surface area (Å²) in [4.78, 5) is 26.7. The highest BCUT2D eigenvalue weighted by Gasteiger charge is 2.41. The highest BCUT2D eigenvalue weighted by atomic mass is 35.5. The average Bonchev–Trinajstić information content (AvgIpc) is 3.40. The van der Waals surface area contributed by atoms with Crippen molar-refractivity contribution in [2.24, 2.45) is 0 Å². The number of aromatic nitrogens is 2. The Bertz CT molecular complexity index is 1720. The molecule has 2 amide bonds. The maximum atomic E-state index is 13.4. The third-order valence-corrected chi connectivity index (χ3v) is 7.06. The first-order valence-electron chi connectivity index (χ1n) is 13.8. The number of benzene rings is 3. The number of rotatable bonds is 10. The molecule has 0 fully saturated rings. The van der Waals surface area contributed by atoms with E-state index in [-0.39, 0.29) is 44.8 Å². The first-order chi connectivity index (χ1) is 21.4. The Labute approximate surface area is 265 Å². The molecule has 2 N–H and O–H groups in total. The number of anilines is 1. The number of aryl methyl sites for hydroxylation is 1. The quantitative estimate of drug-likeness (QED) is 0.169. The van der Waals surface area contributed by atoms with Gasteiger partial charge in [0.15, 0.2) is 5.69 Å². The van der Waals surface area contributed by atoms with Gasteiger partial charge < -0.3 is 15.4 Å². The van der Waals surface area contributed by atoms with Crippen LogP contribution in [0.5, 0.6) is 0 Å². The molecule has 244 valence electrons. The molecule has 7 nitrogen and oxygen atoms in total. The lowest BCUT2D eigenvalue weighted by Crippen LogP contribution is -2.47. The minimum absolute atomic E-state index is 0.0242. The van der Waals surface area contributed by atoms with Gasteiger partial charge in [0.25, 0.3) is 11.8 Å². The summed E-state index contributed by atoms with van der Waals surface area (Å²) in [5.41, 5.74) is -2.36. The Morgan fingerprint density at radius 1 is 0.870 bits per heavy atom. The molecule has 4 rings (SSSR count). The Balaban J connectivity index is 1.48. The molecule has 1 heterocycles. The third kappa shape index (κ3) is 8.67. The van der Waals surface area contributed by atoms with Gasteiger partial charge in [-0.05, 0) is 55.7 Å². The predicted octanol–water partition coefficient (Wildman–Crippen LogP) is 7.91. The van der Waals surface area contributed by atoms with Crippen molar-refractivity contribution in [3.8, 4) is 0 Å². The molecule has 0 saturated heterocycles. The minimum atomic E-state index is -5.06. The molecule has 0 spiro atoms. The Kier molecular flexibility index (Phi) is 10.2. The molecule has 0 aliphatic heterocycles. The minimum Gasteiger partial charge on any atom is -0.374 e. The second-order valence-corrected chi connectivity index (χ2v) is 11.6. The van der Waals surface area contributed by atoms with Crippen LogP contribution >= 0.6 is 11.6 Å². The lowest BCUT2D eigenvalue weighted by molar-refractivity contribution is -0.144. The van der Waals surface area contributed by atoms with Crippen molar-refractivity contribution < 1.29 is 40.7 Å². The van der Waals surface area contributed by atoms with Crippen LogP contribution in [0.4, 0.5) is 32.0 Å². The topological polar surface area (TPSA) is 85.2 Å². The number of nitrogens with one attached hydrogen (secondary N) is 2. The number of hydrogen-bond donors (Lipinski definition) is 2. The van der Waals surface area contributed by atoms with E-state index in [2.05, 4.69) is 15.7 Å². The van der Waals surface area contributed by atoms with E-state index in [9.17, 15) is 35.9 Å². The van der Waals surface area contributed by atoms with E-state index in [1.54, 1.807) is 20.8 Å². The van der Waals surface area contributed by atoms with Crippen LogP contribution in [0.1, 0.15) is 62.6 Å². The monoisotopic (exact) mass is 666 g/mol. The zero-order valence-corrected chi connectivity index (χ0v) is 25.6. The summed E-state index contributed by atoms with van der Waals surface area (Å²) in [6.07, 6.45) is -10.1. The number of halogens is 7. The van der Waals surface area contributed by atoms with Crippen LogP contribution < -0.4 is 10.6 Å². The summed E-state index contributed by atoms with van der Waals surface area (Å²) in [5, 5.41) is 8.64. The van der Waals surface area contributed by atoms with Gasteiger partial charge in [0.1, 0.15) is 5.69 Å². The van der Waals surface area contributed by atoms with Gasteiger partial charge in [-0.15, -0.1) is 0 Å². The molecule has 46 heavy (non-hydrogen) atoms. The maximum Gasteiger partial charge on any atom is 0.435 e. The molecular formula is C32H29ClF6N4O3. The summed E-state index contributed by atoms with van der Waals surface area (Å²) < 4.78 is 85.4. The standard InChI is InChI=1S/C32H29ClF6N4O3/c1-19-14-21(16-43-26(32(37,38)39)15-25(42-43)31(34,35)36)12-13-24(19)40-28(44)22-10-7-11-23(33)27(22)29(45)41-30(2,3)18-46-17-20-8-5-4-6-9-20/h4-15H,16-18H2,1-3H3,(H,40,44)(H,41,45). The van der Waals surface area contributed by atoms with Crippen molar-refractivity contribution in [1.29, 1.82) is 0 Å². The SMILES string of the molecule is Cc1cc(Cn2nc(C(F)(F)F)cc2C(F)(F)F)ccc1NC(=O)c1cccc(Cl)c1C(=O)NC(C)(C)COCc1ccccc1. The molecule has 0 aliphatic carbocycles. The van der Waals surface area contributed by atoms with Crippen LogP contribution in [0.2, 0.25) is 5.02 Å². The Morgan fingerprint density at radius 2 is 1.57 bits per heavy atom. The Hall–Kier alpha value is -4.36. The van der Waals surface area contributed by atoms with Gasteiger partial charge in [-0.1, -0.05) is 60.1 Å². The average molecular weight is 667 g/mol. The van der Waals surface area contributed by atoms with Crippen molar-refractivity contribution in [1.82, 2.24) is 15.1 Å². The maximum absolute atomic E-state index is 13.4. The van der Waals surface area contributed by atoms with E-state index in [0.29, 0.717) is 12.2 Å². The predicted molar refractivity (Wildman–Crippen MR) is 160 cm³/mol. The number of hydrogen-bond acceptors (Lipinski definition) is 4. The van der Waals surface area contributed by atoms with Crippen LogP contribution in [0.15, 0.2) is 72.8 Å².